The fourth-order valence-electron chi connectivity index (χ4n) is 1.98. The third kappa shape index (κ3) is 6.40. The van der Waals surface area contributed by atoms with Gasteiger partial charge in [0.15, 0.2) is 0 Å². The Morgan fingerprint density at radius 1 is 1.09 bits per heavy atom. The maximum absolute atomic E-state index is 12.7. The lowest BCUT2D eigenvalue weighted by Gasteiger charge is -2.07. The Morgan fingerprint density at radius 2 is 1.70 bits per heavy atom. The smallest absolute Gasteiger partial charge is 0.212 e. The number of thioether (sulfide) groups is 1. The van der Waals surface area contributed by atoms with Crippen molar-refractivity contribution < 1.29 is 8.42 Å². The van der Waals surface area contributed by atoms with Crippen molar-refractivity contribution in [2.45, 2.75) is 45.4 Å². The molecule has 126 valence electrons. The van der Waals surface area contributed by atoms with Gasteiger partial charge in [0, 0.05) is 0 Å². The van der Waals surface area contributed by atoms with E-state index in [1.54, 1.807) is 24.5 Å². The second-order valence-electron chi connectivity index (χ2n) is 5.84. The molecule has 0 spiro atoms. The monoisotopic (exact) mass is 350 g/mol. The van der Waals surface area contributed by atoms with Crippen LogP contribution < -0.4 is 0 Å². The van der Waals surface area contributed by atoms with Gasteiger partial charge in [-0.15, -0.1) is 11.8 Å². The lowest BCUT2D eigenvalue weighted by Crippen LogP contribution is -2.02. The lowest BCUT2D eigenvalue weighted by atomic mass is 10.1. The van der Waals surface area contributed by atoms with Gasteiger partial charge in [0.2, 0.25) is 9.84 Å². The highest BCUT2D eigenvalue weighted by atomic mass is 32.3. The molecule has 1 aromatic rings. The van der Waals surface area contributed by atoms with Crippen LogP contribution >= 0.6 is 11.8 Å². The van der Waals surface area contributed by atoms with Crippen LogP contribution in [0.25, 0.3) is 0 Å². The molecule has 2 nitrogen and oxygen atoms in total. The zero-order chi connectivity index (χ0) is 17.5. The molecule has 1 rings (SSSR count). The summed E-state index contributed by atoms with van der Waals surface area (Å²) >= 11 is 1.26. The van der Waals surface area contributed by atoms with Crippen LogP contribution in [0.1, 0.15) is 39.2 Å². The predicted octanol–water partition coefficient (Wildman–Crippen LogP) is 5.67. The fourth-order valence-corrected chi connectivity index (χ4v) is 4.33. The molecule has 0 N–H and O–H groups in total. The molecule has 0 aliphatic heterocycles. The number of allylic oxidation sites excluding steroid dienone is 5. The summed E-state index contributed by atoms with van der Waals surface area (Å²) in [5.41, 5.74) is 3.53. The summed E-state index contributed by atoms with van der Waals surface area (Å²) in [7, 11) is -3.43. The standard InChI is InChI=1S/C19H26O2S2/c1-15(2)7-6-8-16(3)11-14-19(22-5)23(20,21)18-12-9-17(4)10-13-18/h7,9-14H,6,8H2,1-5H3. The number of aryl methyl sites for hydroxylation is 1. The van der Waals surface area contributed by atoms with Crippen molar-refractivity contribution in [2.24, 2.45) is 0 Å². The number of hydrogen-bond acceptors (Lipinski definition) is 3. The van der Waals surface area contributed by atoms with Gasteiger partial charge in [-0.05, 0) is 65.0 Å². The molecule has 0 aromatic heterocycles. The van der Waals surface area contributed by atoms with Crippen LogP contribution in [0.3, 0.4) is 0 Å². The maximum atomic E-state index is 12.7. The van der Waals surface area contributed by atoms with Crippen LogP contribution in [0.4, 0.5) is 0 Å². The van der Waals surface area contributed by atoms with Crippen LogP contribution in [0, 0.1) is 6.92 Å². The molecule has 0 atom stereocenters. The molecular weight excluding hydrogens is 324 g/mol. The molecule has 0 bridgehead atoms. The van der Waals surface area contributed by atoms with E-state index in [1.807, 2.05) is 32.1 Å². The van der Waals surface area contributed by atoms with Crippen molar-refractivity contribution in [3.8, 4) is 0 Å². The van der Waals surface area contributed by atoms with E-state index in [2.05, 4.69) is 19.9 Å². The molecule has 4 heteroatoms. The van der Waals surface area contributed by atoms with Gasteiger partial charge in [-0.2, -0.15) is 0 Å². The first-order valence-electron chi connectivity index (χ1n) is 7.64. The molecule has 1 aromatic carbocycles. The van der Waals surface area contributed by atoms with Crippen LogP contribution in [0.5, 0.6) is 0 Å². The van der Waals surface area contributed by atoms with Crippen molar-refractivity contribution in [2.75, 3.05) is 6.26 Å². The van der Waals surface area contributed by atoms with Gasteiger partial charge in [0.25, 0.3) is 0 Å². The third-order valence-corrected chi connectivity index (χ3v) is 6.65. The number of rotatable bonds is 7. The van der Waals surface area contributed by atoms with E-state index in [0.717, 1.165) is 18.4 Å². The van der Waals surface area contributed by atoms with E-state index in [9.17, 15) is 8.42 Å². The average Bonchev–Trinajstić information content (AvgIpc) is 2.47. The molecular formula is C19H26O2S2. The van der Waals surface area contributed by atoms with E-state index < -0.39 is 9.84 Å². The van der Waals surface area contributed by atoms with Crippen LogP contribution in [0.2, 0.25) is 0 Å². The molecule has 0 unspecified atom stereocenters. The Morgan fingerprint density at radius 3 is 2.22 bits per heavy atom. The summed E-state index contributed by atoms with van der Waals surface area (Å²) in [4.78, 5) is 0.347. The Bertz CT molecular complexity index is 702. The second-order valence-corrected chi connectivity index (χ2v) is 8.86. The van der Waals surface area contributed by atoms with Gasteiger partial charge in [0.1, 0.15) is 4.24 Å². The van der Waals surface area contributed by atoms with Gasteiger partial charge < -0.3 is 0 Å². The minimum absolute atomic E-state index is 0.347. The summed E-state index contributed by atoms with van der Waals surface area (Å²) in [6.45, 7) is 8.14. The maximum Gasteiger partial charge on any atom is 0.212 e. The van der Waals surface area contributed by atoms with Crippen molar-refractivity contribution in [3.05, 3.63) is 63.4 Å². The van der Waals surface area contributed by atoms with Crippen LogP contribution in [0.15, 0.2) is 62.8 Å². The van der Waals surface area contributed by atoms with Gasteiger partial charge in [-0.3, -0.25) is 0 Å². The Labute approximate surface area is 145 Å². The Hall–Kier alpha value is -1.26. The minimum atomic E-state index is -3.43. The SMILES string of the molecule is CSC(=CC=C(C)CCC=C(C)C)S(=O)(=O)c1ccc(C)cc1. The number of hydrogen-bond donors (Lipinski definition) is 0. The Kier molecular flexibility index (Phi) is 7.86. The zero-order valence-corrected chi connectivity index (χ0v) is 16.2. The van der Waals surface area contributed by atoms with E-state index >= 15 is 0 Å². The lowest BCUT2D eigenvalue weighted by molar-refractivity contribution is 0.604. The van der Waals surface area contributed by atoms with E-state index in [1.165, 1.54) is 22.9 Å². The van der Waals surface area contributed by atoms with Crippen LogP contribution in [-0.4, -0.2) is 14.7 Å². The third-order valence-electron chi connectivity index (χ3n) is 3.39. The van der Waals surface area contributed by atoms with Gasteiger partial charge in [-0.25, -0.2) is 8.42 Å². The highest BCUT2D eigenvalue weighted by molar-refractivity contribution is 8.18. The van der Waals surface area contributed by atoms with Crippen LogP contribution in [-0.2, 0) is 9.84 Å². The molecule has 0 saturated heterocycles. The topological polar surface area (TPSA) is 34.1 Å². The van der Waals surface area contributed by atoms with E-state index in [4.69, 9.17) is 0 Å². The first kappa shape index (κ1) is 19.8. The summed E-state index contributed by atoms with van der Waals surface area (Å²) < 4.78 is 25.7. The average molecular weight is 351 g/mol. The van der Waals surface area contributed by atoms with E-state index in [-0.39, 0.29) is 0 Å². The molecule has 0 aliphatic rings. The normalized spacial score (nSPS) is 13.1. The van der Waals surface area contributed by atoms with Gasteiger partial charge in [-0.1, -0.05) is 41.0 Å². The Balaban J connectivity index is 2.97. The molecule has 0 aliphatic carbocycles. The molecule has 0 amide bonds. The highest BCUT2D eigenvalue weighted by Gasteiger charge is 2.19. The summed E-state index contributed by atoms with van der Waals surface area (Å²) in [5, 5.41) is 0. The molecule has 0 fully saturated rings. The fraction of sp³-hybridized carbons (Fsp3) is 0.368. The quantitative estimate of drug-likeness (QED) is 0.469. The predicted molar refractivity (Wildman–Crippen MR) is 102 cm³/mol. The minimum Gasteiger partial charge on any atom is -0.218 e. The zero-order valence-electron chi connectivity index (χ0n) is 14.6. The highest BCUT2D eigenvalue weighted by Crippen LogP contribution is 2.27. The first-order chi connectivity index (χ1) is 10.8. The molecule has 23 heavy (non-hydrogen) atoms. The van der Waals surface area contributed by atoms with Gasteiger partial charge >= 0.3 is 0 Å². The first-order valence-corrected chi connectivity index (χ1v) is 10.3. The number of sulfone groups is 1. The summed E-state index contributed by atoms with van der Waals surface area (Å²) in [5.74, 6) is 0. The summed E-state index contributed by atoms with van der Waals surface area (Å²) in [6.07, 6.45) is 9.55. The van der Waals surface area contributed by atoms with Crippen molar-refractivity contribution in [1.82, 2.24) is 0 Å². The van der Waals surface area contributed by atoms with Crippen molar-refractivity contribution in [3.63, 3.8) is 0 Å². The summed E-state index contributed by atoms with van der Waals surface area (Å²) in [6, 6.07) is 6.98. The van der Waals surface area contributed by atoms with Crippen molar-refractivity contribution >= 4 is 21.6 Å². The molecule has 0 radical (unpaired) electrons. The van der Waals surface area contributed by atoms with E-state index in [0.29, 0.717) is 9.13 Å². The molecule has 0 heterocycles. The largest absolute Gasteiger partial charge is 0.218 e. The van der Waals surface area contributed by atoms with Crippen molar-refractivity contribution in [1.29, 1.82) is 0 Å². The molecule has 0 saturated carbocycles. The van der Waals surface area contributed by atoms with Gasteiger partial charge in [0.05, 0.1) is 4.90 Å². The number of benzene rings is 1. The second kappa shape index (κ2) is 9.14.